The zero-order chi connectivity index (χ0) is 9.84. The van der Waals surface area contributed by atoms with E-state index in [0.29, 0.717) is 6.42 Å². The van der Waals surface area contributed by atoms with Crippen molar-refractivity contribution in [2.45, 2.75) is 32.3 Å². The van der Waals surface area contributed by atoms with Crippen LogP contribution in [0.15, 0.2) is 0 Å². The van der Waals surface area contributed by atoms with Gasteiger partial charge in [0.25, 0.3) is 0 Å². The number of esters is 1. The van der Waals surface area contributed by atoms with Crippen LogP contribution in [0.25, 0.3) is 0 Å². The Balaban J connectivity index is 2.47. The van der Waals surface area contributed by atoms with E-state index in [0.717, 1.165) is 0 Å². The molecular weight excluding hydrogens is 170 g/mol. The summed E-state index contributed by atoms with van der Waals surface area (Å²) in [6.45, 7) is 1.79. The Morgan fingerprint density at radius 3 is 3.00 bits per heavy atom. The van der Waals surface area contributed by atoms with E-state index in [2.05, 4.69) is 0 Å². The third kappa shape index (κ3) is 2.86. The fourth-order valence-corrected chi connectivity index (χ4v) is 1.57. The van der Waals surface area contributed by atoms with Crippen LogP contribution >= 0.6 is 0 Å². The van der Waals surface area contributed by atoms with E-state index in [1.807, 2.05) is 0 Å². The Morgan fingerprint density at radius 1 is 1.77 bits per heavy atom. The third-order valence-corrected chi connectivity index (χ3v) is 2.05. The van der Waals surface area contributed by atoms with Gasteiger partial charge < -0.3 is 4.74 Å². The predicted molar refractivity (Wildman–Crippen MR) is 43.5 cm³/mol. The highest BCUT2D eigenvalue weighted by molar-refractivity contribution is 5.93. The van der Waals surface area contributed by atoms with E-state index in [-0.39, 0.29) is 30.8 Å². The number of ketones is 1. The first kappa shape index (κ1) is 9.72. The topological polar surface area (TPSA) is 67.2 Å². The molecule has 1 aliphatic heterocycles. The Hall–Kier alpha value is -1.37. The van der Waals surface area contributed by atoms with Gasteiger partial charge in [-0.25, -0.2) is 0 Å². The van der Waals surface area contributed by atoms with E-state index in [1.165, 1.54) is 0 Å². The van der Waals surface area contributed by atoms with Crippen LogP contribution in [0.4, 0.5) is 0 Å². The SMILES string of the molecule is CC1CC(CC(=O)C#N)CC(=O)O1. The molecule has 1 saturated heterocycles. The van der Waals surface area contributed by atoms with Crippen LogP contribution in [0.5, 0.6) is 0 Å². The average Bonchev–Trinajstić information content (AvgIpc) is 2.02. The van der Waals surface area contributed by atoms with Gasteiger partial charge in [0.05, 0.1) is 6.10 Å². The first-order valence-electron chi connectivity index (χ1n) is 4.24. The molecule has 70 valence electrons. The van der Waals surface area contributed by atoms with Crippen LogP contribution in [0.1, 0.15) is 26.2 Å². The lowest BCUT2D eigenvalue weighted by Crippen LogP contribution is -2.28. The van der Waals surface area contributed by atoms with Crippen molar-refractivity contribution in [3.63, 3.8) is 0 Å². The summed E-state index contributed by atoms with van der Waals surface area (Å²) < 4.78 is 4.90. The molecule has 1 heterocycles. The summed E-state index contributed by atoms with van der Waals surface area (Å²) in [4.78, 5) is 21.7. The summed E-state index contributed by atoms with van der Waals surface area (Å²) >= 11 is 0. The molecule has 0 amide bonds. The van der Waals surface area contributed by atoms with Crippen LogP contribution in [-0.4, -0.2) is 17.9 Å². The maximum absolute atomic E-state index is 10.9. The van der Waals surface area contributed by atoms with E-state index in [4.69, 9.17) is 10.00 Å². The monoisotopic (exact) mass is 181 g/mol. The molecule has 4 nitrogen and oxygen atoms in total. The second-order valence-corrected chi connectivity index (χ2v) is 3.35. The van der Waals surface area contributed by atoms with Gasteiger partial charge in [0.1, 0.15) is 6.07 Å². The van der Waals surface area contributed by atoms with E-state index in [9.17, 15) is 9.59 Å². The fourth-order valence-electron chi connectivity index (χ4n) is 1.57. The predicted octanol–water partition coefficient (Wildman–Crippen LogP) is 0.811. The van der Waals surface area contributed by atoms with Crippen LogP contribution in [-0.2, 0) is 14.3 Å². The lowest BCUT2D eigenvalue weighted by Gasteiger charge is -2.25. The molecule has 0 spiro atoms. The van der Waals surface area contributed by atoms with Crippen molar-refractivity contribution >= 4 is 11.8 Å². The van der Waals surface area contributed by atoms with Gasteiger partial charge in [-0.15, -0.1) is 0 Å². The number of hydrogen-bond acceptors (Lipinski definition) is 4. The first-order valence-corrected chi connectivity index (χ1v) is 4.24. The molecule has 1 fully saturated rings. The molecule has 1 rings (SSSR count). The molecule has 0 saturated carbocycles. The molecule has 13 heavy (non-hydrogen) atoms. The maximum atomic E-state index is 10.9. The highest BCUT2D eigenvalue weighted by Crippen LogP contribution is 2.23. The Kier molecular flexibility index (Phi) is 3.02. The number of carbonyl (C=O) groups excluding carboxylic acids is 2. The number of nitriles is 1. The second-order valence-electron chi connectivity index (χ2n) is 3.35. The van der Waals surface area contributed by atoms with Crippen LogP contribution in [0, 0.1) is 17.2 Å². The first-order chi connectivity index (χ1) is 6.11. The van der Waals surface area contributed by atoms with Crippen LogP contribution in [0.3, 0.4) is 0 Å². The molecule has 2 atom stereocenters. The summed E-state index contributed by atoms with van der Waals surface area (Å²) in [5.41, 5.74) is 0. The molecular formula is C9H11NO3. The van der Waals surface area contributed by atoms with Crippen molar-refractivity contribution in [3.8, 4) is 6.07 Å². The smallest absolute Gasteiger partial charge is 0.306 e. The largest absolute Gasteiger partial charge is 0.463 e. The highest BCUT2D eigenvalue weighted by atomic mass is 16.5. The molecule has 0 aromatic heterocycles. The highest BCUT2D eigenvalue weighted by Gasteiger charge is 2.27. The van der Waals surface area contributed by atoms with Gasteiger partial charge in [0.15, 0.2) is 0 Å². The van der Waals surface area contributed by atoms with Gasteiger partial charge in [-0.05, 0) is 19.3 Å². The standard InChI is InChI=1S/C9H11NO3/c1-6-2-7(3-8(11)5-10)4-9(12)13-6/h6-7H,2-4H2,1H3. The van der Waals surface area contributed by atoms with Gasteiger partial charge in [0, 0.05) is 12.8 Å². The molecule has 1 aliphatic rings. The minimum Gasteiger partial charge on any atom is -0.463 e. The van der Waals surface area contributed by atoms with E-state index < -0.39 is 5.78 Å². The van der Waals surface area contributed by atoms with Crippen molar-refractivity contribution in [1.82, 2.24) is 0 Å². The second kappa shape index (κ2) is 4.04. The average molecular weight is 181 g/mol. The zero-order valence-corrected chi connectivity index (χ0v) is 7.45. The van der Waals surface area contributed by atoms with Gasteiger partial charge in [0.2, 0.25) is 5.78 Å². The quantitative estimate of drug-likeness (QED) is 0.467. The number of rotatable bonds is 2. The van der Waals surface area contributed by atoms with Crippen molar-refractivity contribution in [1.29, 1.82) is 5.26 Å². The third-order valence-electron chi connectivity index (χ3n) is 2.05. The summed E-state index contributed by atoms with van der Waals surface area (Å²) in [6, 6.07) is 1.55. The number of carbonyl (C=O) groups is 2. The lowest BCUT2D eigenvalue weighted by molar-refractivity contribution is -0.155. The Morgan fingerprint density at radius 2 is 2.46 bits per heavy atom. The zero-order valence-electron chi connectivity index (χ0n) is 7.45. The molecule has 0 bridgehead atoms. The number of ether oxygens (including phenoxy) is 1. The molecule has 0 N–H and O–H groups in total. The maximum Gasteiger partial charge on any atom is 0.306 e. The molecule has 0 radical (unpaired) electrons. The molecule has 2 unspecified atom stereocenters. The minimum absolute atomic E-state index is 0.0107. The van der Waals surface area contributed by atoms with Crippen molar-refractivity contribution in [3.05, 3.63) is 0 Å². The lowest BCUT2D eigenvalue weighted by atomic mass is 9.91. The van der Waals surface area contributed by atoms with Crippen molar-refractivity contribution < 1.29 is 14.3 Å². The number of nitrogens with zero attached hydrogens (tertiary/aromatic N) is 1. The number of Topliss-reactive ketones (excluding diaryl/α,β-unsaturated/α-hetero) is 1. The Labute approximate surface area is 76.5 Å². The summed E-state index contributed by atoms with van der Waals surface area (Å²) in [5.74, 6) is -0.732. The molecule has 0 aliphatic carbocycles. The van der Waals surface area contributed by atoms with Gasteiger partial charge in [-0.1, -0.05) is 0 Å². The normalized spacial score (nSPS) is 27.5. The minimum atomic E-state index is -0.452. The molecule has 0 aromatic rings. The Bertz CT molecular complexity index is 267. The van der Waals surface area contributed by atoms with Crippen LogP contribution < -0.4 is 0 Å². The van der Waals surface area contributed by atoms with Crippen molar-refractivity contribution in [2.75, 3.05) is 0 Å². The van der Waals surface area contributed by atoms with Gasteiger partial charge >= 0.3 is 5.97 Å². The summed E-state index contributed by atoms with van der Waals surface area (Å²) in [7, 11) is 0. The van der Waals surface area contributed by atoms with Gasteiger partial charge in [-0.3, -0.25) is 9.59 Å². The van der Waals surface area contributed by atoms with E-state index >= 15 is 0 Å². The fraction of sp³-hybridized carbons (Fsp3) is 0.667. The summed E-state index contributed by atoms with van der Waals surface area (Å²) in [5, 5.41) is 8.28. The van der Waals surface area contributed by atoms with Crippen molar-refractivity contribution in [2.24, 2.45) is 5.92 Å². The molecule has 4 heteroatoms. The summed E-state index contributed by atoms with van der Waals surface area (Å²) in [6.07, 6.45) is 0.991. The number of cyclic esters (lactones) is 1. The number of hydrogen-bond donors (Lipinski definition) is 0. The van der Waals surface area contributed by atoms with Gasteiger partial charge in [-0.2, -0.15) is 5.26 Å². The van der Waals surface area contributed by atoms with Crippen LogP contribution in [0.2, 0.25) is 0 Å². The molecule has 0 aromatic carbocycles. The van der Waals surface area contributed by atoms with E-state index in [1.54, 1.807) is 13.0 Å².